The van der Waals surface area contributed by atoms with E-state index in [4.69, 9.17) is 4.74 Å². The van der Waals surface area contributed by atoms with Crippen molar-refractivity contribution >= 4 is 5.91 Å². The molecule has 3 nitrogen and oxygen atoms in total. The van der Waals surface area contributed by atoms with Crippen LogP contribution in [0.4, 0.5) is 0 Å². The van der Waals surface area contributed by atoms with Crippen molar-refractivity contribution < 1.29 is 9.53 Å². The van der Waals surface area contributed by atoms with Crippen molar-refractivity contribution in [3.8, 4) is 5.75 Å². The summed E-state index contributed by atoms with van der Waals surface area (Å²) in [6.45, 7) is 0. The lowest BCUT2D eigenvalue weighted by Crippen LogP contribution is -2.41. The summed E-state index contributed by atoms with van der Waals surface area (Å²) in [7, 11) is 1.86. The Morgan fingerprint density at radius 3 is 2.00 bits per heavy atom. The quantitative estimate of drug-likeness (QED) is 0.709. The highest BCUT2D eigenvalue weighted by Crippen LogP contribution is 2.32. The zero-order valence-electron chi connectivity index (χ0n) is 14.7. The van der Waals surface area contributed by atoms with Crippen LogP contribution in [0.15, 0.2) is 84.9 Å². The lowest BCUT2D eigenvalue weighted by molar-refractivity contribution is -0.138. The molecule has 0 saturated carbocycles. The predicted octanol–water partition coefficient (Wildman–Crippen LogP) is 4.24. The number of ether oxygens (including phenoxy) is 1. The van der Waals surface area contributed by atoms with Crippen LogP contribution in [-0.4, -0.2) is 24.0 Å². The van der Waals surface area contributed by atoms with Gasteiger partial charge in [0.1, 0.15) is 5.75 Å². The molecule has 3 aromatic carbocycles. The Morgan fingerprint density at radius 2 is 1.42 bits per heavy atom. The summed E-state index contributed by atoms with van der Waals surface area (Å²) in [4.78, 5) is 15.0. The first-order chi connectivity index (χ1) is 12.7. The molecule has 1 aliphatic rings. The molecule has 130 valence electrons. The van der Waals surface area contributed by atoms with Crippen LogP contribution in [0.1, 0.15) is 22.7 Å². The van der Waals surface area contributed by atoms with Crippen LogP contribution in [-0.2, 0) is 11.2 Å². The molecule has 1 unspecified atom stereocenters. The smallest absolute Gasteiger partial charge is 0.264 e. The molecule has 0 spiro atoms. The monoisotopic (exact) mass is 343 g/mol. The van der Waals surface area contributed by atoms with E-state index in [-0.39, 0.29) is 11.9 Å². The molecule has 0 saturated heterocycles. The Labute approximate surface area is 153 Å². The molecule has 4 rings (SSSR count). The summed E-state index contributed by atoms with van der Waals surface area (Å²) in [5, 5.41) is 0. The minimum absolute atomic E-state index is 0.00101. The first-order valence-electron chi connectivity index (χ1n) is 8.85. The second-order valence-electron chi connectivity index (χ2n) is 6.59. The van der Waals surface area contributed by atoms with E-state index in [1.54, 1.807) is 4.90 Å². The van der Waals surface area contributed by atoms with Gasteiger partial charge in [-0.15, -0.1) is 0 Å². The van der Waals surface area contributed by atoms with E-state index >= 15 is 0 Å². The number of amides is 1. The van der Waals surface area contributed by atoms with Gasteiger partial charge in [-0.3, -0.25) is 4.79 Å². The fourth-order valence-electron chi connectivity index (χ4n) is 3.58. The Balaban J connectivity index is 1.63. The SMILES string of the molecule is CN(C(=O)C1Cc2ccccc2O1)C(c1ccccc1)c1ccccc1. The van der Waals surface area contributed by atoms with Crippen molar-refractivity contribution in [2.75, 3.05) is 7.05 Å². The zero-order chi connectivity index (χ0) is 17.9. The average Bonchev–Trinajstić information content (AvgIpc) is 3.13. The van der Waals surface area contributed by atoms with Gasteiger partial charge in [-0.05, 0) is 22.8 Å². The van der Waals surface area contributed by atoms with E-state index in [1.807, 2.05) is 67.7 Å². The van der Waals surface area contributed by atoms with Gasteiger partial charge in [0.15, 0.2) is 6.10 Å². The molecular formula is C23H21NO2. The molecule has 3 aromatic rings. The summed E-state index contributed by atoms with van der Waals surface area (Å²) >= 11 is 0. The van der Waals surface area contributed by atoms with Crippen LogP contribution in [0, 0.1) is 0 Å². The van der Waals surface area contributed by atoms with E-state index < -0.39 is 6.10 Å². The van der Waals surface area contributed by atoms with Crippen molar-refractivity contribution in [1.82, 2.24) is 4.90 Å². The van der Waals surface area contributed by atoms with E-state index in [9.17, 15) is 4.79 Å². The minimum atomic E-state index is -0.465. The van der Waals surface area contributed by atoms with Crippen molar-refractivity contribution in [1.29, 1.82) is 0 Å². The Hall–Kier alpha value is -3.07. The molecular weight excluding hydrogens is 322 g/mol. The predicted molar refractivity (Wildman–Crippen MR) is 102 cm³/mol. The molecule has 3 heteroatoms. The van der Waals surface area contributed by atoms with E-state index in [0.29, 0.717) is 6.42 Å². The highest BCUT2D eigenvalue weighted by atomic mass is 16.5. The number of rotatable bonds is 4. The molecule has 1 atom stereocenters. The molecule has 1 aliphatic heterocycles. The molecule has 1 amide bonds. The van der Waals surface area contributed by atoms with Gasteiger partial charge < -0.3 is 9.64 Å². The highest BCUT2D eigenvalue weighted by molar-refractivity contribution is 5.83. The van der Waals surface area contributed by atoms with E-state index in [1.165, 1.54) is 0 Å². The maximum atomic E-state index is 13.2. The van der Waals surface area contributed by atoms with Gasteiger partial charge in [0.05, 0.1) is 6.04 Å². The zero-order valence-corrected chi connectivity index (χ0v) is 14.7. The molecule has 1 heterocycles. The van der Waals surface area contributed by atoms with Crippen LogP contribution in [0.25, 0.3) is 0 Å². The van der Waals surface area contributed by atoms with Gasteiger partial charge in [-0.1, -0.05) is 78.9 Å². The third-order valence-electron chi connectivity index (χ3n) is 4.89. The number of nitrogens with zero attached hydrogens (tertiary/aromatic N) is 1. The maximum absolute atomic E-state index is 13.2. The standard InChI is InChI=1S/C23H21NO2/c1-24(23(25)21-16-19-14-8-9-15-20(19)26-21)22(17-10-4-2-5-11-17)18-12-6-3-7-13-18/h2-15,21-22H,16H2,1H3. The van der Waals surface area contributed by atoms with E-state index in [2.05, 4.69) is 24.3 Å². The van der Waals surface area contributed by atoms with Crippen LogP contribution >= 0.6 is 0 Å². The second-order valence-corrected chi connectivity index (χ2v) is 6.59. The summed E-state index contributed by atoms with van der Waals surface area (Å²) in [6, 6.07) is 28.0. The minimum Gasteiger partial charge on any atom is -0.480 e. The Kier molecular flexibility index (Phi) is 4.44. The molecule has 0 fully saturated rings. The van der Waals surface area contributed by atoms with Crippen molar-refractivity contribution in [2.24, 2.45) is 0 Å². The second kappa shape index (κ2) is 7.04. The first kappa shape index (κ1) is 16.4. The fourth-order valence-corrected chi connectivity index (χ4v) is 3.58. The number of fused-ring (bicyclic) bond motifs is 1. The number of hydrogen-bond acceptors (Lipinski definition) is 2. The topological polar surface area (TPSA) is 29.5 Å². The maximum Gasteiger partial charge on any atom is 0.264 e. The van der Waals surface area contributed by atoms with Gasteiger partial charge in [-0.25, -0.2) is 0 Å². The van der Waals surface area contributed by atoms with Crippen molar-refractivity contribution in [2.45, 2.75) is 18.6 Å². The van der Waals surface area contributed by atoms with Gasteiger partial charge in [0.2, 0.25) is 0 Å². The van der Waals surface area contributed by atoms with Crippen molar-refractivity contribution in [3.63, 3.8) is 0 Å². The van der Waals surface area contributed by atoms with Gasteiger partial charge in [-0.2, -0.15) is 0 Å². The number of carbonyl (C=O) groups is 1. The third kappa shape index (κ3) is 3.08. The van der Waals surface area contributed by atoms with Crippen LogP contribution < -0.4 is 4.74 Å². The molecule has 26 heavy (non-hydrogen) atoms. The van der Waals surface area contributed by atoms with Crippen LogP contribution in [0.2, 0.25) is 0 Å². The molecule has 0 aromatic heterocycles. The van der Waals surface area contributed by atoms with Crippen LogP contribution in [0.5, 0.6) is 5.75 Å². The Morgan fingerprint density at radius 1 is 0.885 bits per heavy atom. The first-order valence-corrected chi connectivity index (χ1v) is 8.85. The molecule has 0 aliphatic carbocycles. The molecule has 0 radical (unpaired) electrons. The van der Waals surface area contributed by atoms with Crippen LogP contribution in [0.3, 0.4) is 0 Å². The lowest BCUT2D eigenvalue weighted by Gasteiger charge is -2.31. The van der Waals surface area contributed by atoms with E-state index in [0.717, 1.165) is 22.4 Å². The lowest BCUT2D eigenvalue weighted by atomic mass is 9.96. The third-order valence-corrected chi connectivity index (χ3v) is 4.89. The van der Waals surface area contributed by atoms with Crippen molar-refractivity contribution in [3.05, 3.63) is 102 Å². The summed E-state index contributed by atoms with van der Waals surface area (Å²) in [5.41, 5.74) is 3.27. The largest absolute Gasteiger partial charge is 0.480 e. The number of hydrogen-bond donors (Lipinski definition) is 0. The van der Waals surface area contributed by atoms with Gasteiger partial charge >= 0.3 is 0 Å². The average molecular weight is 343 g/mol. The molecule has 0 bridgehead atoms. The fraction of sp³-hybridized carbons (Fsp3) is 0.174. The Bertz CT molecular complexity index is 828. The van der Waals surface area contributed by atoms with Gasteiger partial charge in [0.25, 0.3) is 5.91 Å². The number of carbonyl (C=O) groups excluding carboxylic acids is 1. The van der Waals surface area contributed by atoms with Gasteiger partial charge in [0, 0.05) is 13.5 Å². The number of benzene rings is 3. The number of para-hydroxylation sites is 1. The summed E-state index contributed by atoms with van der Waals surface area (Å²) < 4.78 is 5.92. The highest BCUT2D eigenvalue weighted by Gasteiger charge is 2.34. The molecule has 0 N–H and O–H groups in total. The normalized spacial score (nSPS) is 15.4. The number of likely N-dealkylation sites (N-methyl/N-ethyl adjacent to an activating group) is 1. The summed E-state index contributed by atoms with van der Waals surface area (Å²) in [5.74, 6) is 0.814. The summed E-state index contributed by atoms with van der Waals surface area (Å²) in [6.07, 6.45) is 0.155.